The lowest BCUT2D eigenvalue weighted by Gasteiger charge is -2.11. The van der Waals surface area contributed by atoms with E-state index in [4.69, 9.17) is 0 Å². The third-order valence-electron chi connectivity index (χ3n) is 1.78. The Morgan fingerprint density at radius 2 is 2.13 bits per heavy atom. The summed E-state index contributed by atoms with van der Waals surface area (Å²) in [5, 5.41) is 10.8. The van der Waals surface area contributed by atoms with Gasteiger partial charge in [-0.1, -0.05) is 11.3 Å². The Bertz CT molecular complexity index is 414. The summed E-state index contributed by atoms with van der Waals surface area (Å²) < 4.78 is 25.8. The van der Waals surface area contributed by atoms with Gasteiger partial charge in [0.2, 0.25) is 15.2 Å². The summed E-state index contributed by atoms with van der Waals surface area (Å²) in [6.45, 7) is 3.80. The number of rotatable bonds is 5. The molecule has 0 aromatic carbocycles. The van der Waals surface area contributed by atoms with Gasteiger partial charge in [0.25, 0.3) is 0 Å². The number of nitrogens with zero attached hydrogens (tertiary/aromatic N) is 2. The van der Waals surface area contributed by atoms with E-state index in [1.54, 1.807) is 20.9 Å². The van der Waals surface area contributed by atoms with Crippen molar-refractivity contribution in [2.45, 2.75) is 19.1 Å². The van der Waals surface area contributed by atoms with Gasteiger partial charge in [0, 0.05) is 6.54 Å². The SMILES string of the molecule is CNCC(C)S(=O)(=O)Nc1nnc(C)s1. The number of anilines is 1. The van der Waals surface area contributed by atoms with Crippen LogP contribution in [0, 0.1) is 6.92 Å². The first-order valence-electron chi connectivity index (χ1n) is 4.42. The molecule has 1 unspecified atom stereocenters. The Morgan fingerprint density at radius 3 is 2.60 bits per heavy atom. The molecule has 0 aliphatic rings. The van der Waals surface area contributed by atoms with Gasteiger partial charge in [0.1, 0.15) is 5.01 Å². The molecule has 1 heterocycles. The molecule has 0 aliphatic carbocycles. The average molecular weight is 250 g/mol. The van der Waals surface area contributed by atoms with Crippen molar-refractivity contribution < 1.29 is 8.42 Å². The van der Waals surface area contributed by atoms with Gasteiger partial charge < -0.3 is 5.32 Å². The van der Waals surface area contributed by atoms with Crippen LogP contribution in [0.5, 0.6) is 0 Å². The van der Waals surface area contributed by atoms with E-state index in [2.05, 4.69) is 20.2 Å². The smallest absolute Gasteiger partial charge is 0.238 e. The Balaban J connectivity index is 2.72. The van der Waals surface area contributed by atoms with Gasteiger partial charge in [-0.3, -0.25) is 4.72 Å². The highest BCUT2D eigenvalue weighted by molar-refractivity contribution is 7.93. The lowest BCUT2D eigenvalue weighted by molar-refractivity contribution is 0.583. The van der Waals surface area contributed by atoms with E-state index >= 15 is 0 Å². The Kier molecular flexibility index (Phi) is 4.00. The molecule has 1 atom stereocenters. The molecule has 0 saturated carbocycles. The van der Waals surface area contributed by atoms with Crippen LogP contribution in [0.25, 0.3) is 0 Å². The van der Waals surface area contributed by atoms with Crippen LogP contribution in [0.3, 0.4) is 0 Å². The summed E-state index contributed by atoms with van der Waals surface area (Å²) >= 11 is 1.22. The van der Waals surface area contributed by atoms with Crippen LogP contribution in [-0.2, 0) is 10.0 Å². The summed E-state index contributed by atoms with van der Waals surface area (Å²) in [5.41, 5.74) is 0. The van der Waals surface area contributed by atoms with Crippen molar-refractivity contribution in [2.75, 3.05) is 18.3 Å². The van der Waals surface area contributed by atoms with E-state index in [-0.39, 0.29) is 0 Å². The molecule has 0 bridgehead atoms. The number of aryl methyl sites for hydroxylation is 1. The Hall–Kier alpha value is -0.730. The highest BCUT2D eigenvalue weighted by Gasteiger charge is 2.21. The van der Waals surface area contributed by atoms with Crippen LogP contribution in [0.1, 0.15) is 11.9 Å². The minimum Gasteiger partial charge on any atom is -0.318 e. The second kappa shape index (κ2) is 4.86. The fourth-order valence-corrected chi connectivity index (χ4v) is 2.79. The number of sulfonamides is 1. The first-order valence-corrected chi connectivity index (χ1v) is 6.78. The van der Waals surface area contributed by atoms with Gasteiger partial charge in [-0.25, -0.2) is 8.42 Å². The topological polar surface area (TPSA) is 84.0 Å². The third-order valence-corrected chi connectivity index (χ3v) is 4.36. The van der Waals surface area contributed by atoms with E-state index in [0.717, 1.165) is 5.01 Å². The van der Waals surface area contributed by atoms with Gasteiger partial charge in [-0.05, 0) is 20.9 Å². The molecular formula is C7H14N4O2S2. The molecule has 0 fully saturated rings. The van der Waals surface area contributed by atoms with Crippen LogP contribution >= 0.6 is 11.3 Å². The van der Waals surface area contributed by atoms with Crippen LogP contribution in [-0.4, -0.2) is 37.5 Å². The zero-order valence-corrected chi connectivity index (χ0v) is 10.4. The molecule has 0 aliphatic heterocycles. The van der Waals surface area contributed by atoms with Crippen LogP contribution in [0.15, 0.2) is 0 Å². The third kappa shape index (κ3) is 3.40. The van der Waals surface area contributed by atoms with Gasteiger partial charge in [0.15, 0.2) is 0 Å². The molecule has 0 radical (unpaired) electrons. The first kappa shape index (κ1) is 12.3. The molecule has 8 heteroatoms. The molecule has 1 aromatic heterocycles. The van der Waals surface area contributed by atoms with Crippen molar-refractivity contribution in [3.05, 3.63) is 5.01 Å². The monoisotopic (exact) mass is 250 g/mol. The molecular weight excluding hydrogens is 236 g/mol. The quantitative estimate of drug-likeness (QED) is 0.779. The zero-order valence-electron chi connectivity index (χ0n) is 8.81. The number of aromatic nitrogens is 2. The summed E-state index contributed by atoms with van der Waals surface area (Å²) in [5.74, 6) is 0. The van der Waals surface area contributed by atoms with Crippen LogP contribution < -0.4 is 10.0 Å². The maximum absolute atomic E-state index is 11.7. The minimum absolute atomic E-state index is 0.315. The van der Waals surface area contributed by atoms with E-state index in [0.29, 0.717) is 11.7 Å². The van der Waals surface area contributed by atoms with Gasteiger partial charge in [-0.2, -0.15) is 0 Å². The Labute approximate surface area is 93.2 Å². The highest BCUT2D eigenvalue weighted by atomic mass is 32.2. The molecule has 0 saturated heterocycles. The second-order valence-electron chi connectivity index (χ2n) is 3.14. The number of hydrogen-bond acceptors (Lipinski definition) is 6. The lowest BCUT2D eigenvalue weighted by Crippen LogP contribution is -2.33. The second-order valence-corrected chi connectivity index (χ2v) is 6.42. The minimum atomic E-state index is -3.37. The van der Waals surface area contributed by atoms with Crippen molar-refractivity contribution in [1.82, 2.24) is 15.5 Å². The fraction of sp³-hybridized carbons (Fsp3) is 0.714. The van der Waals surface area contributed by atoms with E-state index in [1.165, 1.54) is 11.3 Å². The number of nitrogens with one attached hydrogen (secondary N) is 2. The summed E-state index contributed by atoms with van der Waals surface area (Å²) in [6.07, 6.45) is 0. The van der Waals surface area contributed by atoms with E-state index in [9.17, 15) is 8.42 Å². The summed E-state index contributed by atoms with van der Waals surface area (Å²) in [4.78, 5) is 0. The largest absolute Gasteiger partial charge is 0.318 e. The van der Waals surface area contributed by atoms with Crippen molar-refractivity contribution in [1.29, 1.82) is 0 Å². The summed E-state index contributed by atoms with van der Waals surface area (Å²) in [6, 6.07) is 0. The normalized spacial score (nSPS) is 13.8. The number of hydrogen-bond donors (Lipinski definition) is 2. The first-order chi connectivity index (χ1) is 6.95. The zero-order chi connectivity index (χ0) is 11.5. The molecule has 1 rings (SSSR count). The van der Waals surface area contributed by atoms with Crippen molar-refractivity contribution in [3.63, 3.8) is 0 Å². The molecule has 6 nitrogen and oxygen atoms in total. The predicted molar refractivity (Wildman–Crippen MR) is 60.6 cm³/mol. The van der Waals surface area contributed by atoms with Gasteiger partial charge in [0.05, 0.1) is 5.25 Å². The molecule has 0 amide bonds. The van der Waals surface area contributed by atoms with Crippen molar-refractivity contribution in [2.24, 2.45) is 0 Å². The summed E-state index contributed by atoms with van der Waals surface area (Å²) in [7, 11) is -1.66. The average Bonchev–Trinajstić information content (AvgIpc) is 2.50. The highest BCUT2D eigenvalue weighted by Crippen LogP contribution is 2.16. The van der Waals surface area contributed by atoms with Crippen molar-refractivity contribution in [3.8, 4) is 0 Å². The molecule has 86 valence electrons. The maximum atomic E-state index is 11.7. The van der Waals surface area contributed by atoms with E-state index < -0.39 is 15.3 Å². The molecule has 15 heavy (non-hydrogen) atoms. The Morgan fingerprint density at radius 1 is 1.47 bits per heavy atom. The van der Waals surface area contributed by atoms with Crippen molar-refractivity contribution >= 4 is 26.5 Å². The molecule has 0 spiro atoms. The predicted octanol–water partition coefficient (Wildman–Crippen LogP) is 0.196. The van der Waals surface area contributed by atoms with E-state index in [1.807, 2.05) is 0 Å². The standard InChI is InChI=1S/C7H14N4O2S2/c1-5(4-8-3)15(12,13)11-7-10-9-6(2)14-7/h5,8H,4H2,1-3H3,(H,10,11). The molecule has 1 aromatic rings. The van der Waals surface area contributed by atoms with Gasteiger partial charge >= 0.3 is 0 Å². The fourth-order valence-electron chi connectivity index (χ4n) is 0.957. The molecule has 2 N–H and O–H groups in total. The maximum Gasteiger partial charge on any atom is 0.238 e. The van der Waals surface area contributed by atoms with Gasteiger partial charge in [-0.15, -0.1) is 10.2 Å². The van der Waals surface area contributed by atoms with Crippen LogP contribution in [0.4, 0.5) is 5.13 Å². The van der Waals surface area contributed by atoms with Crippen LogP contribution in [0.2, 0.25) is 0 Å². The lowest BCUT2D eigenvalue weighted by atomic mass is 10.5.